The van der Waals surface area contributed by atoms with Crippen LogP contribution in [0.15, 0.2) is 53.5 Å². The van der Waals surface area contributed by atoms with Crippen LogP contribution in [0.2, 0.25) is 0 Å². The molecular formula is C22H31IN4O. The number of anilines is 1. The van der Waals surface area contributed by atoms with E-state index in [2.05, 4.69) is 34.3 Å². The predicted octanol–water partition coefficient (Wildman–Crippen LogP) is 4.06. The maximum atomic E-state index is 5.95. The van der Waals surface area contributed by atoms with Gasteiger partial charge < -0.3 is 15.8 Å². The lowest BCUT2D eigenvalue weighted by Crippen LogP contribution is -2.25. The number of nitrogens with two attached hydrogens (primary N) is 1. The number of guanidine groups is 1. The SMILES string of the molecule is Cc1ccc(NC(N)=NCCc2ccc(OCCN3CCCC3)cc2)cc1.I. The van der Waals surface area contributed by atoms with Crippen LogP contribution in [0.25, 0.3) is 0 Å². The highest BCUT2D eigenvalue weighted by Gasteiger charge is 2.10. The van der Waals surface area contributed by atoms with Crippen LogP contribution >= 0.6 is 24.0 Å². The number of halogens is 1. The van der Waals surface area contributed by atoms with Crippen molar-refractivity contribution in [1.82, 2.24) is 4.90 Å². The molecule has 0 atom stereocenters. The Labute approximate surface area is 185 Å². The molecule has 6 heteroatoms. The average Bonchev–Trinajstić information content (AvgIpc) is 3.18. The lowest BCUT2D eigenvalue weighted by atomic mass is 10.1. The summed E-state index contributed by atoms with van der Waals surface area (Å²) in [6.07, 6.45) is 3.49. The number of hydrogen-bond donors (Lipinski definition) is 2. The van der Waals surface area contributed by atoms with E-state index in [-0.39, 0.29) is 24.0 Å². The van der Waals surface area contributed by atoms with Crippen molar-refractivity contribution in [3.63, 3.8) is 0 Å². The summed E-state index contributed by atoms with van der Waals surface area (Å²) in [4.78, 5) is 6.86. The second-order valence-electron chi connectivity index (χ2n) is 7.05. The van der Waals surface area contributed by atoms with Crippen molar-refractivity contribution in [3.8, 4) is 5.75 Å². The Morgan fingerprint density at radius 2 is 1.75 bits per heavy atom. The molecule has 0 saturated carbocycles. The lowest BCUT2D eigenvalue weighted by molar-refractivity contribution is 0.238. The van der Waals surface area contributed by atoms with Gasteiger partial charge in [-0.05, 0) is 69.1 Å². The zero-order chi connectivity index (χ0) is 18.9. The smallest absolute Gasteiger partial charge is 0.193 e. The molecule has 0 bridgehead atoms. The number of hydrogen-bond acceptors (Lipinski definition) is 3. The number of likely N-dealkylation sites (tertiary alicyclic amines) is 1. The maximum absolute atomic E-state index is 5.95. The summed E-state index contributed by atoms with van der Waals surface area (Å²) in [7, 11) is 0. The first-order valence-electron chi connectivity index (χ1n) is 9.77. The lowest BCUT2D eigenvalue weighted by Gasteiger charge is -2.15. The number of nitrogens with zero attached hydrogens (tertiary/aromatic N) is 2. The van der Waals surface area contributed by atoms with Gasteiger partial charge in [-0.25, -0.2) is 0 Å². The third-order valence-electron chi connectivity index (χ3n) is 4.80. The molecule has 1 saturated heterocycles. The summed E-state index contributed by atoms with van der Waals surface area (Å²) in [6.45, 7) is 6.91. The van der Waals surface area contributed by atoms with Crippen molar-refractivity contribution in [1.29, 1.82) is 0 Å². The first-order chi connectivity index (χ1) is 13.2. The van der Waals surface area contributed by atoms with Gasteiger partial charge in [0.1, 0.15) is 12.4 Å². The van der Waals surface area contributed by atoms with E-state index >= 15 is 0 Å². The van der Waals surface area contributed by atoms with Crippen molar-refractivity contribution < 1.29 is 4.74 Å². The molecule has 1 heterocycles. The molecule has 2 aromatic rings. The summed E-state index contributed by atoms with van der Waals surface area (Å²) in [5.74, 6) is 1.38. The van der Waals surface area contributed by atoms with Crippen LogP contribution in [0.4, 0.5) is 5.69 Å². The minimum Gasteiger partial charge on any atom is -0.492 e. The van der Waals surface area contributed by atoms with Crippen molar-refractivity contribution >= 4 is 35.6 Å². The van der Waals surface area contributed by atoms with Gasteiger partial charge >= 0.3 is 0 Å². The molecule has 152 valence electrons. The summed E-state index contributed by atoms with van der Waals surface area (Å²) < 4.78 is 5.84. The number of benzene rings is 2. The third-order valence-corrected chi connectivity index (χ3v) is 4.80. The molecule has 3 rings (SSSR count). The number of nitrogens with one attached hydrogen (secondary N) is 1. The van der Waals surface area contributed by atoms with Gasteiger partial charge in [-0.2, -0.15) is 0 Å². The Morgan fingerprint density at radius 3 is 2.43 bits per heavy atom. The van der Waals surface area contributed by atoms with Gasteiger partial charge in [0.15, 0.2) is 5.96 Å². The molecule has 0 radical (unpaired) electrons. The summed E-state index contributed by atoms with van der Waals surface area (Å²) in [6, 6.07) is 16.4. The van der Waals surface area contributed by atoms with Gasteiger partial charge in [0.25, 0.3) is 0 Å². The minimum absolute atomic E-state index is 0. The Hall–Kier alpha value is -1.80. The monoisotopic (exact) mass is 494 g/mol. The first-order valence-corrected chi connectivity index (χ1v) is 9.77. The summed E-state index contributed by atoms with van der Waals surface area (Å²) in [5, 5.41) is 3.11. The Kier molecular flexibility index (Phi) is 9.57. The van der Waals surface area contributed by atoms with Gasteiger partial charge in [0, 0.05) is 18.8 Å². The third kappa shape index (κ3) is 7.67. The molecule has 1 fully saturated rings. The fraction of sp³-hybridized carbons (Fsp3) is 0.409. The minimum atomic E-state index is 0. The quantitative estimate of drug-likeness (QED) is 0.330. The van der Waals surface area contributed by atoms with E-state index in [9.17, 15) is 0 Å². The number of rotatable bonds is 8. The van der Waals surface area contributed by atoms with E-state index < -0.39 is 0 Å². The van der Waals surface area contributed by atoms with Crippen LogP contribution in [0.5, 0.6) is 5.75 Å². The van der Waals surface area contributed by atoms with Crippen molar-refractivity contribution in [2.45, 2.75) is 26.2 Å². The van der Waals surface area contributed by atoms with Crippen molar-refractivity contribution in [2.24, 2.45) is 10.7 Å². The van der Waals surface area contributed by atoms with E-state index in [0.29, 0.717) is 12.5 Å². The van der Waals surface area contributed by atoms with Crippen LogP contribution in [0.1, 0.15) is 24.0 Å². The normalized spacial score (nSPS) is 14.5. The zero-order valence-electron chi connectivity index (χ0n) is 16.6. The molecule has 0 aromatic heterocycles. The van der Waals surface area contributed by atoms with E-state index in [1.165, 1.54) is 37.1 Å². The van der Waals surface area contributed by atoms with E-state index in [1.54, 1.807) is 0 Å². The van der Waals surface area contributed by atoms with Gasteiger partial charge in [-0.15, -0.1) is 24.0 Å². The fourth-order valence-electron chi connectivity index (χ4n) is 3.18. The van der Waals surface area contributed by atoms with Crippen LogP contribution in [0, 0.1) is 6.92 Å². The number of aryl methyl sites for hydroxylation is 1. The molecule has 0 spiro atoms. The molecule has 1 aliphatic rings. The second kappa shape index (κ2) is 11.9. The molecule has 3 N–H and O–H groups in total. The molecule has 5 nitrogen and oxygen atoms in total. The molecule has 1 aliphatic heterocycles. The Balaban J connectivity index is 0.00000280. The topological polar surface area (TPSA) is 62.9 Å². The highest BCUT2D eigenvalue weighted by molar-refractivity contribution is 14.0. The summed E-state index contributed by atoms with van der Waals surface area (Å²) >= 11 is 0. The van der Waals surface area contributed by atoms with Gasteiger partial charge in [0.05, 0.1) is 0 Å². The highest BCUT2D eigenvalue weighted by Crippen LogP contribution is 2.14. The molecule has 28 heavy (non-hydrogen) atoms. The predicted molar refractivity (Wildman–Crippen MR) is 128 cm³/mol. The summed E-state index contributed by atoms with van der Waals surface area (Å²) in [5.41, 5.74) is 9.36. The van der Waals surface area contributed by atoms with Crippen LogP contribution in [-0.4, -0.2) is 43.6 Å². The van der Waals surface area contributed by atoms with Crippen LogP contribution in [0.3, 0.4) is 0 Å². The largest absolute Gasteiger partial charge is 0.492 e. The van der Waals surface area contributed by atoms with Crippen LogP contribution in [-0.2, 0) is 6.42 Å². The Morgan fingerprint density at radius 1 is 1.07 bits per heavy atom. The molecular weight excluding hydrogens is 463 g/mol. The van der Waals surface area contributed by atoms with Crippen molar-refractivity contribution in [2.75, 3.05) is 38.1 Å². The molecule has 0 aliphatic carbocycles. The van der Waals surface area contributed by atoms with Crippen molar-refractivity contribution in [3.05, 3.63) is 59.7 Å². The van der Waals surface area contributed by atoms with Crippen LogP contribution < -0.4 is 15.8 Å². The van der Waals surface area contributed by atoms with Gasteiger partial charge in [-0.1, -0.05) is 29.8 Å². The standard InChI is InChI=1S/C22H30N4O.HI/c1-18-4-8-20(9-5-18)25-22(23)24-13-12-19-6-10-21(11-7-19)27-17-16-26-14-2-3-15-26;/h4-11H,2-3,12-17H2,1H3,(H3,23,24,25);1H. The molecule has 0 unspecified atom stereocenters. The number of aliphatic imine (C=N–C) groups is 1. The second-order valence-corrected chi connectivity index (χ2v) is 7.05. The average molecular weight is 494 g/mol. The molecule has 0 amide bonds. The van der Waals surface area contributed by atoms with E-state index in [1.807, 2.05) is 36.4 Å². The van der Waals surface area contributed by atoms with Gasteiger partial charge in [-0.3, -0.25) is 9.89 Å². The Bertz CT molecular complexity index is 725. The molecule has 2 aromatic carbocycles. The van der Waals surface area contributed by atoms with E-state index in [0.717, 1.165) is 31.0 Å². The van der Waals surface area contributed by atoms with Gasteiger partial charge in [0.2, 0.25) is 0 Å². The maximum Gasteiger partial charge on any atom is 0.193 e. The first kappa shape index (κ1) is 22.5. The van der Waals surface area contributed by atoms with E-state index in [4.69, 9.17) is 10.5 Å². The number of ether oxygens (including phenoxy) is 1. The zero-order valence-corrected chi connectivity index (χ0v) is 18.9. The fourth-order valence-corrected chi connectivity index (χ4v) is 3.18. The highest BCUT2D eigenvalue weighted by atomic mass is 127.